The van der Waals surface area contributed by atoms with E-state index in [1.54, 1.807) is 39.2 Å². The number of hydrogen-bond acceptors (Lipinski definition) is 7. The Kier molecular flexibility index (Phi) is 9.06. The van der Waals surface area contributed by atoms with Crippen molar-refractivity contribution in [3.05, 3.63) is 64.8 Å². The molecule has 220 valence electrons. The molecule has 0 bridgehead atoms. The Labute approximate surface area is 238 Å². The lowest BCUT2D eigenvalue weighted by atomic mass is 9.83. The number of fused-ring (bicyclic) bond motifs is 1. The Morgan fingerprint density at radius 2 is 1.85 bits per heavy atom. The van der Waals surface area contributed by atoms with Gasteiger partial charge in [-0.05, 0) is 80.6 Å². The molecule has 0 atom stereocenters. The molecule has 0 aliphatic carbocycles. The molecule has 4 N–H and O–H groups in total. The minimum absolute atomic E-state index is 0.00567. The van der Waals surface area contributed by atoms with Crippen LogP contribution in [0.5, 0.6) is 5.75 Å². The molecule has 3 aromatic rings. The van der Waals surface area contributed by atoms with E-state index in [-0.39, 0.29) is 24.2 Å². The molecule has 5 rings (SSSR count). The van der Waals surface area contributed by atoms with Crippen LogP contribution in [0, 0.1) is 0 Å². The third-order valence-electron chi connectivity index (χ3n) is 7.41. The number of piperidine rings is 1. The first-order chi connectivity index (χ1) is 19.6. The summed E-state index contributed by atoms with van der Waals surface area (Å²) in [5, 5.41) is 12.0. The van der Waals surface area contributed by atoms with E-state index >= 15 is 0 Å². The smallest absolute Gasteiger partial charge is 0.421 e. The van der Waals surface area contributed by atoms with E-state index in [0.29, 0.717) is 28.6 Å². The van der Waals surface area contributed by atoms with Crippen molar-refractivity contribution in [3.8, 4) is 5.75 Å². The van der Waals surface area contributed by atoms with Crippen LogP contribution in [-0.2, 0) is 22.9 Å². The lowest BCUT2D eigenvalue weighted by molar-refractivity contribution is -0.137. The van der Waals surface area contributed by atoms with Gasteiger partial charge >= 0.3 is 6.18 Å². The van der Waals surface area contributed by atoms with Gasteiger partial charge in [0.1, 0.15) is 17.1 Å². The molecule has 2 aliphatic rings. The predicted octanol–water partition coefficient (Wildman–Crippen LogP) is 6.58. The highest BCUT2D eigenvalue weighted by atomic mass is 19.4. The number of nitrogens with one attached hydrogen (secondary N) is 4. The van der Waals surface area contributed by atoms with Crippen molar-refractivity contribution in [2.24, 2.45) is 0 Å². The molecule has 8 nitrogen and oxygen atoms in total. The molecular weight excluding hydrogens is 533 g/mol. The first-order valence-electron chi connectivity index (χ1n) is 13.9. The lowest BCUT2D eigenvalue weighted by Gasteiger charge is -2.24. The molecular formula is C30H37F3N6O2. The number of rotatable bonds is 7. The van der Waals surface area contributed by atoms with Crippen LogP contribution in [0.25, 0.3) is 0 Å². The molecule has 1 aromatic heterocycles. The summed E-state index contributed by atoms with van der Waals surface area (Å²) in [4.78, 5) is 20.5. The highest BCUT2D eigenvalue weighted by Gasteiger charge is 2.40. The van der Waals surface area contributed by atoms with Gasteiger partial charge in [0, 0.05) is 18.4 Å². The van der Waals surface area contributed by atoms with E-state index in [2.05, 4.69) is 31.2 Å². The normalized spacial score (nSPS) is 16.2. The summed E-state index contributed by atoms with van der Waals surface area (Å²) >= 11 is 0. The van der Waals surface area contributed by atoms with Gasteiger partial charge < -0.3 is 26.0 Å². The zero-order valence-corrected chi connectivity index (χ0v) is 24.0. The van der Waals surface area contributed by atoms with Crippen LogP contribution < -0.4 is 26.0 Å². The Bertz CT molecular complexity index is 1390. The number of nitrogens with zero attached hydrogens (tertiary/aromatic N) is 2. The number of benzene rings is 2. The van der Waals surface area contributed by atoms with Gasteiger partial charge in [0.2, 0.25) is 11.9 Å². The molecule has 1 amide bonds. The van der Waals surface area contributed by atoms with Crippen molar-refractivity contribution < 1.29 is 22.7 Å². The summed E-state index contributed by atoms with van der Waals surface area (Å²) in [5.41, 5.74) is 2.02. The molecule has 2 aromatic carbocycles. The molecule has 0 spiro atoms. The standard InChI is InChI=1S/C28H31F3N6O2.C2H6/c1-27(2)23-18(5-4-6-21(23)35-25(27)38)14-33-24-19(28(29,30)31)15-34-26(37-24)36-20-8-7-17(13-22(20)39-3)16-9-11-32-12-10-16;1-2/h4-8,13,15-16,32H,9-12,14H2,1-3H3,(H,35,38)(H2,33,34,36,37);1-2H3. The van der Waals surface area contributed by atoms with Gasteiger partial charge in [-0.2, -0.15) is 18.2 Å². The number of aromatic nitrogens is 2. The van der Waals surface area contributed by atoms with Crippen molar-refractivity contribution in [2.45, 2.75) is 64.6 Å². The van der Waals surface area contributed by atoms with Gasteiger partial charge in [0.25, 0.3) is 0 Å². The molecule has 2 aliphatic heterocycles. The summed E-state index contributed by atoms with van der Waals surface area (Å²) in [7, 11) is 1.55. The van der Waals surface area contributed by atoms with Crippen LogP contribution in [-0.4, -0.2) is 36.1 Å². The third-order valence-corrected chi connectivity index (χ3v) is 7.41. The fraction of sp³-hybridized carbons (Fsp3) is 0.433. The van der Waals surface area contributed by atoms with Crippen LogP contribution in [0.15, 0.2) is 42.6 Å². The Morgan fingerprint density at radius 3 is 2.54 bits per heavy atom. The molecule has 3 heterocycles. The number of carbonyl (C=O) groups excluding carboxylic acids is 1. The maximum Gasteiger partial charge on any atom is 0.421 e. The Balaban J connectivity index is 0.00000189. The number of amides is 1. The second-order valence-corrected chi connectivity index (χ2v) is 10.3. The lowest BCUT2D eigenvalue weighted by Crippen LogP contribution is -2.28. The average Bonchev–Trinajstić information content (AvgIpc) is 3.21. The molecule has 0 radical (unpaired) electrons. The highest BCUT2D eigenvalue weighted by molar-refractivity contribution is 6.06. The van der Waals surface area contributed by atoms with Crippen molar-refractivity contribution in [1.82, 2.24) is 15.3 Å². The van der Waals surface area contributed by atoms with Gasteiger partial charge in [-0.3, -0.25) is 4.79 Å². The van der Waals surface area contributed by atoms with Crippen molar-refractivity contribution >= 4 is 29.0 Å². The number of ether oxygens (including phenoxy) is 1. The maximum atomic E-state index is 13.8. The van der Waals surface area contributed by atoms with E-state index in [0.717, 1.165) is 43.3 Å². The predicted molar refractivity (Wildman–Crippen MR) is 155 cm³/mol. The molecule has 0 saturated carbocycles. The third kappa shape index (κ3) is 6.40. The largest absolute Gasteiger partial charge is 0.495 e. The SMILES string of the molecule is CC.COc1cc(C2CCNCC2)ccc1Nc1ncc(C(F)(F)F)c(NCc2cccc3c2C(C)(C)C(=O)N3)n1. The minimum atomic E-state index is -4.66. The minimum Gasteiger partial charge on any atom is -0.495 e. The average molecular weight is 571 g/mol. The Hall–Kier alpha value is -3.86. The van der Waals surface area contributed by atoms with E-state index in [1.165, 1.54) is 0 Å². The van der Waals surface area contributed by atoms with Gasteiger partial charge in [-0.25, -0.2) is 4.98 Å². The van der Waals surface area contributed by atoms with E-state index in [1.807, 2.05) is 32.0 Å². The number of anilines is 4. The first-order valence-corrected chi connectivity index (χ1v) is 13.9. The van der Waals surface area contributed by atoms with Gasteiger partial charge in [0.05, 0.1) is 18.2 Å². The van der Waals surface area contributed by atoms with Crippen molar-refractivity contribution in [3.63, 3.8) is 0 Å². The van der Waals surface area contributed by atoms with E-state index < -0.39 is 17.2 Å². The summed E-state index contributed by atoms with van der Waals surface area (Å²) in [6.45, 7) is 9.52. The van der Waals surface area contributed by atoms with Gasteiger partial charge in [-0.15, -0.1) is 0 Å². The topological polar surface area (TPSA) is 100 Å². The number of halogens is 3. The molecule has 1 fully saturated rings. The second kappa shape index (κ2) is 12.3. The summed E-state index contributed by atoms with van der Waals surface area (Å²) in [6.07, 6.45) is -1.85. The Morgan fingerprint density at radius 1 is 1.12 bits per heavy atom. The van der Waals surface area contributed by atoms with Gasteiger partial charge in [-0.1, -0.05) is 32.0 Å². The highest BCUT2D eigenvalue weighted by Crippen LogP contribution is 2.41. The molecule has 0 unspecified atom stereocenters. The van der Waals surface area contributed by atoms with Crippen LogP contribution in [0.3, 0.4) is 0 Å². The fourth-order valence-electron chi connectivity index (χ4n) is 5.29. The number of hydrogen-bond donors (Lipinski definition) is 4. The maximum absolute atomic E-state index is 13.8. The van der Waals surface area contributed by atoms with E-state index in [4.69, 9.17) is 4.74 Å². The first kappa shape index (κ1) is 30.1. The van der Waals surface area contributed by atoms with Crippen molar-refractivity contribution in [2.75, 3.05) is 36.1 Å². The van der Waals surface area contributed by atoms with Crippen LogP contribution in [0.1, 0.15) is 68.7 Å². The quantitative estimate of drug-likeness (QED) is 0.255. The monoisotopic (exact) mass is 570 g/mol. The summed E-state index contributed by atoms with van der Waals surface area (Å²) in [6, 6.07) is 11.1. The van der Waals surface area contributed by atoms with Crippen LogP contribution in [0.2, 0.25) is 0 Å². The van der Waals surface area contributed by atoms with E-state index in [9.17, 15) is 18.0 Å². The molecule has 11 heteroatoms. The van der Waals surface area contributed by atoms with Crippen molar-refractivity contribution in [1.29, 1.82) is 0 Å². The summed E-state index contributed by atoms with van der Waals surface area (Å²) in [5.74, 6) is 0.451. The fourth-order valence-corrected chi connectivity index (χ4v) is 5.29. The zero-order valence-electron chi connectivity index (χ0n) is 24.0. The number of methoxy groups -OCH3 is 1. The molecule has 41 heavy (non-hydrogen) atoms. The molecule has 1 saturated heterocycles. The zero-order chi connectivity index (χ0) is 29.8. The number of carbonyl (C=O) groups is 1. The van der Waals surface area contributed by atoms with Gasteiger partial charge in [0.15, 0.2) is 0 Å². The second-order valence-electron chi connectivity index (χ2n) is 10.3. The van der Waals surface area contributed by atoms with Crippen LogP contribution in [0.4, 0.5) is 36.3 Å². The summed E-state index contributed by atoms with van der Waals surface area (Å²) < 4.78 is 47.1. The number of alkyl halides is 3. The van der Waals surface area contributed by atoms with Crippen LogP contribution >= 0.6 is 0 Å².